The van der Waals surface area contributed by atoms with Crippen molar-refractivity contribution in [3.63, 3.8) is 0 Å². The molecule has 1 aromatic carbocycles. The standard InChI is InChI=1S/C14H13BN2O5/c1-8-4-9(21-12-7-16-2-3-17-12)5-10-14(8)11(6-13(18)19)22-15(10)20/h2-5,7,11,20H,6H2,1H3,(H,18,19)/t11-/m1/s1. The van der Waals surface area contributed by atoms with Crippen LogP contribution in [0.2, 0.25) is 0 Å². The number of aryl methyl sites for hydroxylation is 1. The summed E-state index contributed by atoms with van der Waals surface area (Å²) in [5.41, 5.74) is 2.01. The minimum atomic E-state index is -1.16. The lowest BCUT2D eigenvalue weighted by Gasteiger charge is -2.13. The topological polar surface area (TPSA) is 102 Å². The first-order valence-electron chi connectivity index (χ1n) is 6.68. The van der Waals surface area contributed by atoms with Crippen LogP contribution in [0.3, 0.4) is 0 Å². The third-order valence-corrected chi connectivity index (χ3v) is 3.40. The highest BCUT2D eigenvalue weighted by molar-refractivity contribution is 6.62. The number of rotatable bonds is 4. The molecule has 0 saturated heterocycles. The second-order valence-corrected chi connectivity index (χ2v) is 4.96. The Bertz CT molecular complexity index is 710. The van der Waals surface area contributed by atoms with Crippen LogP contribution in [-0.4, -0.2) is 33.2 Å². The van der Waals surface area contributed by atoms with Crippen molar-refractivity contribution in [3.05, 3.63) is 41.9 Å². The molecular formula is C14H13BN2O5. The van der Waals surface area contributed by atoms with Crippen molar-refractivity contribution in [3.8, 4) is 11.6 Å². The summed E-state index contributed by atoms with van der Waals surface area (Å²) in [4.78, 5) is 18.8. The molecule has 112 valence electrons. The van der Waals surface area contributed by atoms with Crippen molar-refractivity contribution < 1.29 is 24.3 Å². The molecule has 3 rings (SSSR count). The maximum atomic E-state index is 10.9. The van der Waals surface area contributed by atoms with Gasteiger partial charge in [-0.3, -0.25) is 9.78 Å². The highest BCUT2D eigenvalue weighted by Crippen LogP contribution is 2.32. The predicted octanol–water partition coefficient (Wildman–Crippen LogP) is 0.811. The molecule has 0 amide bonds. The molecule has 0 bridgehead atoms. The normalized spacial score (nSPS) is 16.5. The first-order chi connectivity index (χ1) is 10.5. The number of ether oxygens (including phenoxy) is 1. The minimum absolute atomic E-state index is 0.199. The van der Waals surface area contributed by atoms with Crippen LogP contribution in [-0.2, 0) is 9.45 Å². The molecule has 1 aromatic heterocycles. The maximum absolute atomic E-state index is 10.9. The molecule has 0 saturated carbocycles. The lowest BCUT2D eigenvalue weighted by atomic mass is 9.77. The Morgan fingerprint density at radius 2 is 2.27 bits per heavy atom. The predicted molar refractivity (Wildman–Crippen MR) is 77.0 cm³/mol. The summed E-state index contributed by atoms with van der Waals surface area (Å²) in [6.07, 6.45) is 3.66. The minimum Gasteiger partial charge on any atom is -0.481 e. The molecule has 1 atom stereocenters. The fourth-order valence-corrected chi connectivity index (χ4v) is 2.56. The largest absolute Gasteiger partial charge is 0.492 e. The van der Waals surface area contributed by atoms with Crippen molar-refractivity contribution in [1.29, 1.82) is 0 Å². The van der Waals surface area contributed by atoms with Crippen LogP contribution < -0.4 is 10.2 Å². The van der Waals surface area contributed by atoms with Gasteiger partial charge in [-0.05, 0) is 35.6 Å². The average molecular weight is 300 g/mol. The molecule has 2 aromatic rings. The number of carbonyl (C=O) groups is 1. The fraction of sp³-hybridized carbons (Fsp3) is 0.214. The summed E-state index contributed by atoms with van der Waals surface area (Å²) in [5, 5.41) is 18.9. The van der Waals surface area contributed by atoms with Gasteiger partial charge < -0.3 is 19.5 Å². The molecule has 8 heteroatoms. The maximum Gasteiger partial charge on any atom is 0.492 e. The van der Waals surface area contributed by atoms with Gasteiger partial charge in [0.2, 0.25) is 5.88 Å². The zero-order chi connectivity index (χ0) is 15.7. The van der Waals surface area contributed by atoms with Crippen molar-refractivity contribution in [2.45, 2.75) is 19.4 Å². The van der Waals surface area contributed by atoms with Crippen molar-refractivity contribution in [1.82, 2.24) is 9.97 Å². The molecule has 1 aliphatic heterocycles. The summed E-state index contributed by atoms with van der Waals surface area (Å²) in [5.74, 6) is -0.169. The Morgan fingerprint density at radius 1 is 1.45 bits per heavy atom. The molecule has 2 N–H and O–H groups in total. The summed E-state index contributed by atoms with van der Waals surface area (Å²) in [6, 6.07) is 3.38. The van der Waals surface area contributed by atoms with Gasteiger partial charge in [0.15, 0.2) is 0 Å². The van der Waals surface area contributed by atoms with Crippen LogP contribution in [0.15, 0.2) is 30.7 Å². The first kappa shape index (κ1) is 14.5. The Hall–Kier alpha value is -2.45. The van der Waals surface area contributed by atoms with Gasteiger partial charge in [0.1, 0.15) is 5.75 Å². The number of aliphatic carboxylic acids is 1. The van der Waals surface area contributed by atoms with E-state index in [0.29, 0.717) is 22.7 Å². The van der Waals surface area contributed by atoms with Gasteiger partial charge in [0, 0.05) is 12.4 Å². The molecule has 1 aliphatic rings. The van der Waals surface area contributed by atoms with Crippen LogP contribution in [0.25, 0.3) is 0 Å². The van der Waals surface area contributed by atoms with E-state index in [9.17, 15) is 9.82 Å². The molecule has 0 fully saturated rings. The second-order valence-electron chi connectivity index (χ2n) is 4.96. The number of carboxylic acid groups (broad SMARTS) is 1. The van der Waals surface area contributed by atoms with E-state index in [2.05, 4.69) is 9.97 Å². The number of benzene rings is 1. The number of nitrogens with zero attached hydrogens (tertiary/aromatic N) is 2. The van der Waals surface area contributed by atoms with Crippen molar-refractivity contribution in [2.24, 2.45) is 0 Å². The molecule has 0 radical (unpaired) electrons. The number of carboxylic acids is 1. The smallest absolute Gasteiger partial charge is 0.481 e. The summed E-state index contributed by atoms with van der Waals surface area (Å²) < 4.78 is 10.9. The fourth-order valence-electron chi connectivity index (χ4n) is 2.56. The van der Waals surface area contributed by atoms with Crippen molar-refractivity contribution in [2.75, 3.05) is 0 Å². The third-order valence-electron chi connectivity index (χ3n) is 3.40. The summed E-state index contributed by atoms with van der Waals surface area (Å²) in [6.45, 7) is 1.82. The van der Waals surface area contributed by atoms with E-state index in [-0.39, 0.29) is 6.42 Å². The SMILES string of the molecule is Cc1cc(Oc2cnccn2)cc2c1[C@@H](CC(=O)O)OB2O. The lowest BCUT2D eigenvalue weighted by molar-refractivity contribution is -0.138. The van der Waals surface area contributed by atoms with Gasteiger partial charge in [-0.15, -0.1) is 0 Å². The van der Waals surface area contributed by atoms with Crippen LogP contribution in [0.1, 0.15) is 23.7 Å². The number of aromatic nitrogens is 2. The molecule has 7 nitrogen and oxygen atoms in total. The molecule has 0 aliphatic carbocycles. The third kappa shape index (κ3) is 2.79. The van der Waals surface area contributed by atoms with Gasteiger partial charge in [0.25, 0.3) is 0 Å². The quantitative estimate of drug-likeness (QED) is 0.805. The van der Waals surface area contributed by atoms with Gasteiger partial charge >= 0.3 is 13.1 Å². The van der Waals surface area contributed by atoms with Crippen LogP contribution in [0, 0.1) is 6.92 Å². The van der Waals surface area contributed by atoms with E-state index < -0.39 is 19.2 Å². The highest BCUT2D eigenvalue weighted by Gasteiger charge is 2.37. The monoisotopic (exact) mass is 300 g/mol. The van der Waals surface area contributed by atoms with Crippen molar-refractivity contribution >= 4 is 18.6 Å². The zero-order valence-electron chi connectivity index (χ0n) is 11.8. The van der Waals surface area contributed by atoms with Gasteiger partial charge in [-0.2, -0.15) is 0 Å². The average Bonchev–Trinajstić information content (AvgIpc) is 2.76. The molecule has 2 heterocycles. The number of fused-ring (bicyclic) bond motifs is 1. The molecule has 0 unspecified atom stereocenters. The Labute approximate surface area is 126 Å². The number of hydrogen-bond donors (Lipinski definition) is 2. The summed E-state index contributed by atoms with van der Waals surface area (Å²) >= 11 is 0. The Kier molecular flexibility index (Phi) is 3.78. The van der Waals surface area contributed by atoms with E-state index in [1.807, 2.05) is 6.92 Å². The van der Waals surface area contributed by atoms with E-state index >= 15 is 0 Å². The summed E-state index contributed by atoms with van der Waals surface area (Å²) in [7, 11) is -1.16. The Balaban J connectivity index is 1.93. The zero-order valence-corrected chi connectivity index (χ0v) is 11.8. The molecule has 22 heavy (non-hydrogen) atoms. The molecular weight excluding hydrogens is 287 g/mol. The second kappa shape index (κ2) is 5.74. The van der Waals surface area contributed by atoms with E-state index in [4.69, 9.17) is 14.5 Å². The highest BCUT2D eigenvalue weighted by atomic mass is 16.5. The Morgan fingerprint density at radius 3 is 2.95 bits per heavy atom. The van der Waals surface area contributed by atoms with Gasteiger partial charge in [-0.1, -0.05) is 0 Å². The molecule has 0 spiro atoms. The van der Waals surface area contributed by atoms with E-state index in [1.54, 1.807) is 12.1 Å². The van der Waals surface area contributed by atoms with Crippen LogP contribution in [0.5, 0.6) is 11.6 Å². The van der Waals surface area contributed by atoms with Gasteiger partial charge in [-0.25, -0.2) is 4.98 Å². The van der Waals surface area contributed by atoms with E-state index in [1.165, 1.54) is 18.6 Å². The van der Waals surface area contributed by atoms with Gasteiger partial charge in [0.05, 0.1) is 18.7 Å². The van der Waals surface area contributed by atoms with Crippen LogP contribution in [0.4, 0.5) is 0 Å². The van der Waals surface area contributed by atoms with E-state index in [0.717, 1.165) is 5.56 Å². The first-order valence-corrected chi connectivity index (χ1v) is 6.68. The van der Waals surface area contributed by atoms with Crippen LogP contribution >= 0.6 is 0 Å². The lowest BCUT2D eigenvalue weighted by Crippen LogP contribution is -2.28. The number of hydrogen-bond acceptors (Lipinski definition) is 6.